The highest BCUT2D eigenvalue weighted by Gasteiger charge is 2.21. The molecule has 1 rings (SSSR count). The minimum absolute atomic E-state index is 0.00832. The molecule has 8 heteroatoms. The molecule has 0 bridgehead atoms. The first kappa shape index (κ1) is 16.4. The minimum Gasteiger partial charge on any atom is -0.504 e. The molecule has 1 aromatic rings. The van der Waals surface area contributed by atoms with Crippen molar-refractivity contribution < 1.29 is 30.0 Å². The van der Waals surface area contributed by atoms with Crippen molar-refractivity contribution in [3.05, 3.63) is 12.1 Å². The fourth-order valence-corrected chi connectivity index (χ4v) is 1.69. The Balaban J connectivity index is 2.74. The lowest BCUT2D eigenvalue weighted by Gasteiger charge is -2.17. The summed E-state index contributed by atoms with van der Waals surface area (Å²) in [5, 5.41) is 41.3. The van der Waals surface area contributed by atoms with E-state index >= 15 is 0 Å². The molecular formula is C13H18N2O6. The van der Waals surface area contributed by atoms with Crippen molar-refractivity contribution in [2.45, 2.75) is 26.3 Å². The van der Waals surface area contributed by atoms with Gasteiger partial charge in [0, 0.05) is 12.1 Å². The molecule has 0 spiro atoms. The molecule has 0 saturated heterocycles. The molecule has 0 radical (unpaired) electrons. The highest BCUT2D eigenvalue weighted by atomic mass is 16.4. The highest BCUT2D eigenvalue weighted by molar-refractivity contribution is 5.92. The Labute approximate surface area is 121 Å². The monoisotopic (exact) mass is 298 g/mol. The number of hydrogen-bond acceptors (Lipinski definition) is 5. The van der Waals surface area contributed by atoms with Crippen LogP contribution in [0.3, 0.4) is 0 Å². The summed E-state index contributed by atoms with van der Waals surface area (Å²) in [5.41, 5.74) is 0.00832. The van der Waals surface area contributed by atoms with Gasteiger partial charge in [-0.2, -0.15) is 0 Å². The number of aliphatic carboxylic acids is 1. The Bertz CT molecular complexity index is 520. The quantitative estimate of drug-likeness (QED) is 0.359. The molecule has 0 aliphatic rings. The van der Waals surface area contributed by atoms with Crippen LogP contribution in [0.15, 0.2) is 12.1 Å². The van der Waals surface area contributed by atoms with Gasteiger partial charge in [0.2, 0.25) is 0 Å². The maximum atomic E-state index is 11.7. The van der Waals surface area contributed by atoms with E-state index < -0.39 is 35.3 Å². The fraction of sp³-hybridized carbons (Fsp3) is 0.385. The molecular weight excluding hydrogens is 280 g/mol. The number of carbonyl (C=O) groups is 2. The number of urea groups is 1. The predicted octanol–water partition coefficient (Wildman–Crippen LogP) is 1.42. The van der Waals surface area contributed by atoms with E-state index in [4.69, 9.17) is 5.11 Å². The number of rotatable bonds is 5. The van der Waals surface area contributed by atoms with Crippen LogP contribution < -0.4 is 10.6 Å². The second kappa shape index (κ2) is 6.69. The molecule has 1 unspecified atom stereocenters. The summed E-state index contributed by atoms with van der Waals surface area (Å²) in [7, 11) is 0. The molecule has 1 atom stereocenters. The first-order chi connectivity index (χ1) is 9.70. The van der Waals surface area contributed by atoms with Gasteiger partial charge in [-0.25, -0.2) is 9.59 Å². The summed E-state index contributed by atoms with van der Waals surface area (Å²) in [5.74, 6) is -3.00. The normalized spacial score (nSPS) is 12.0. The van der Waals surface area contributed by atoms with Crippen LogP contribution in [0, 0.1) is 5.92 Å². The van der Waals surface area contributed by atoms with E-state index in [1.165, 1.54) is 0 Å². The van der Waals surface area contributed by atoms with Crippen LogP contribution in [0.4, 0.5) is 10.5 Å². The predicted molar refractivity (Wildman–Crippen MR) is 74.5 cm³/mol. The van der Waals surface area contributed by atoms with Gasteiger partial charge in [0.25, 0.3) is 0 Å². The van der Waals surface area contributed by atoms with Gasteiger partial charge in [0.1, 0.15) is 6.04 Å². The number of carboxylic acid groups (broad SMARTS) is 1. The van der Waals surface area contributed by atoms with Crippen LogP contribution in [0.2, 0.25) is 0 Å². The van der Waals surface area contributed by atoms with Crippen LogP contribution in [-0.4, -0.2) is 38.5 Å². The summed E-state index contributed by atoms with van der Waals surface area (Å²) in [6.07, 6.45) is 0.259. The van der Waals surface area contributed by atoms with E-state index in [0.717, 1.165) is 12.1 Å². The van der Waals surface area contributed by atoms with Crippen LogP contribution in [-0.2, 0) is 4.79 Å². The number of anilines is 1. The molecule has 0 heterocycles. The molecule has 116 valence electrons. The third-order valence-electron chi connectivity index (χ3n) is 2.64. The number of nitrogens with one attached hydrogen (secondary N) is 2. The molecule has 0 aliphatic heterocycles. The summed E-state index contributed by atoms with van der Waals surface area (Å²) < 4.78 is 0. The van der Waals surface area contributed by atoms with Crippen molar-refractivity contribution in [1.29, 1.82) is 0 Å². The Morgan fingerprint density at radius 2 is 1.67 bits per heavy atom. The molecule has 0 saturated carbocycles. The Morgan fingerprint density at radius 3 is 2.10 bits per heavy atom. The average Bonchev–Trinajstić information content (AvgIpc) is 2.34. The molecule has 1 aromatic carbocycles. The summed E-state index contributed by atoms with van der Waals surface area (Å²) in [6.45, 7) is 3.65. The number of hydrogen-bond donors (Lipinski definition) is 6. The van der Waals surface area contributed by atoms with Gasteiger partial charge in [0.15, 0.2) is 17.2 Å². The molecule has 21 heavy (non-hydrogen) atoms. The van der Waals surface area contributed by atoms with E-state index in [1.54, 1.807) is 0 Å². The van der Waals surface area contributed by atoms with Gasteiger partial charge in [-0.1, -0.05) is 13.8 Å². The molecule has 2 amide bonds. The van der Waals surface area contributed by atoms with Crippen molar-refractivity contribution in [2.24, 2.45) is 5.92 Å². The van der Waals surface area contributed by atoms with Gasteiger partial charge in [0.05, 0.1) is 5.69 Å². The molecule has 0 aliphatic carbocycles. The molecule has 6 N–H and O–H groups in total. The zero-order valence-corrected chi connectivity index (χ0v) is 11.6. The summed E-state index contributed by atoms with van der Waals surface area (Å²) in [6, 6.07) is 0.191. The van der Waals surface area contributed by atoms with Crippen molar-refractivity contribution in [2.75, 3.05) is 5.32 Å². The second-order valence-corrected chi connectivity index (χ2v) is 4.98. The molecule has 0 aromatic heterocycles. The number of carboxylic acids is 1. The first-order valence-electron chi connectivity index (χ1n) is 6.26. The number of benzene rings is 1. The average molecular weight is 298 g/mol. The van der Waals surface area contributed by atoms with E-state index in [1.807, 2.05) is 13.8 Å². The van der Waals surface area contributed by atoms with E-state index in [9.17, 15) is 24.9 Å². The maximum absolute atomic E-state index is 11.7. The maximum Gasteiger partial charge on any atom is 0.326 e. The number of amides is 2. The summed E-state index contributed by atoms with van der Waals surface area (Å²) in [4.78, 5) is 22.7. The van der Waals surface area contributed by atoms with Crippen LogP contribution in [0.1, 0.15) is 20.3 Å². The van der Waals surface area contributed by atoms with Crippen molar-refractivity contribution in [3.8, 4) is 17.2 Å². The number of phenolic OH excluding ortho intramolecular Hbond substituents is 3. The largest absolute Gasteiger partial charge is 0.504 e. The fourth-order valence-electron chi connectivity index (χ4n) is 1.69. The zero-order chi connectivity index (χ0) is 16.2. The standard InChI is InChI=1S/C13H18N2O6/c1-6(2)3-8(12(19)20)15-13(21)14-7-4-9(16)11(18)10(17)5-7/h4-6,8,16-18H,3H2,1-2H3,(H,19,20)(H2,14,15,21). The van der Waals surface area contributed by atoms with Crippen molar-refractivity contribution >= 4 is 17.7 Å². The Kier molecular flexibility index (Phi) is 5.23. The SMILES string of the molecule is CC(C)CC(NC(=O)Nc1cc(O)c(O)c(O)c1)C(=O)O. The minimum atomic E-state index is -1.16. The van der Waals surface area contributed by atoms with Gasteiger partial charge in [-0.3, -0.25) is 0 Å². The third-order valence-corrected chi connectivity index (χ3v) is 2.64. The second-order valence-electron chi connectivity index (χ2n) is 4.98. The molecule has 8 nitrogen and oxygen atoms in total. The van der Waals surface area contributed by atoms with Crippen LogP contribution in [0.5, 0.6) is 17.2 Å². The highest BCUT2D eigenvalue weighted by Crippen LogP contribution is 2.37. The number of phenols is 3. The van der Waals surface area contributed by atoms with E-state index in [-0.39, 0.29) is 18.0 Å². The van der Waals surface area contributed by atoms with Gasteiger partial charge < -0.3 is 31.1 Å². The third kappa shape index (κ3) is 4.75. The topological polar surface area (TPSA) is 139 Å². The smallest absolute Gasteiger partial charge is 0.326 e. The first-order valence-corrected chi connectivity index (χ1v) is 6.26. The lowest BCUT2D eigenvalue weighted by molar-refractivity contribution is -0.139. The van der Waals surface area contributed by atoms with E-state index in [0.29, 0.717) is 0 Å². The zero-order valence-electron chi connectivity index (χ0n) is 11.6. The van der Waals surface area contributed by atoms with Crippen molar-refractivity contribution in [1.82, 2.24) is 5.32 Å². The van der Waals surface area contributed by atoms with Gasteiger partial charge in [-0.15, -0.1) is 0 Å². The van der Waals surface area contributed by atoms with Crippen LogP contribution >= 0.6 is 0 Å². The Morgan fingerprint density at radius 1 is 1.14 bits per heavy atom. The lowest BCUT2D eigenvalue weighted by atomic mass is 10.0. The Hall–Kier alpha value is -2.64. The van der Waals surface area contributed by atoms with Crippen LogP contribution in [0.25, 0.3) is 0 Å². The lowest BCUT2D eigenvalue weighted by Crippen LogP contribution is -2.43. The van der Waals surface area contributed by atoms with Crippen molar-refractivity contribution in [3.63, 3.8) is 0 Å². The van der Waals surface area contributed by atoms with E-state index in [2.05, 4.69) is 10.6 Å². The number of aromatic hydroxyl groups is 3. The number of carbonyl (C=O) groups excluding carboxylic acids is 1. The molecule has 0 fully saturated rings. The van der Waals surface area contributed by atoms with Gasteiger partial charge >= 0.3 is 12.0 Å². The summed E-state index contributed by atoms with van der Waals surface area (Å²) >= 11 is 0. The van der Waals surface area contributed by atoms with Gasteiger partial charge in [-0.05, 0) is 12.3 Å².